The molecule has 0 aromatic rings. The van der Waals surface area contributed by atoms with Crippen molar-refractivity contribution in [1.29, 1.82) is 0 Å². The van der Waals surface area contributed by atoms with Gasteiger partial charge in [-0.3, -0.25) is 0 Å². The Morgan fingerprint density at radius 1 is 1.41 bits per heavy atom. The average molecular weight is 242 g/mol. The number of hydrogen-bond acceptors (Lipinski definition) is 3. The number of nitrogens with zero attached hydrogens (tertiary/aromatic N) is 1. The summed E-state index contributed by atoms with van der Waals surface area (Å²) in [5.74, 6) is 0.588. The van der Waals surface area contributed by atoms with E-state index in [1.54, 1.807) is 0 Å². The molecule has 1 saturated heterocycles. The Bertz CT molecular complexity index is 261. The van der Waals surface area contributed by atoms with Crippen molar-refractivity contribution in [2.45, 2.75) is 58.6 Å². The SMILES string of the molecule is CC[C@@H]1CC[C@H](CN)N(C(=O)OC(C)(C)C)C1. The highest BCUT2D eigenvalue weighted by molar-refractivity contribution is 5.68. The van der Waals surface area contributed by atoms with Gasteiger partial charge in [0.1, 0.15) is 5.60 Å². The maximum absolute atomic E-state index is 12.1. The van der Waals surface area contributed by atoms with Crippen molar-refractivity contribution in [2.24, 2.45) is 11.7 Å². The van der Waals surface area contributed by atoms with E-state index in [4.69, 9.17) is 10.5 Å². The number of piperidine rings is 1. The van der Waals surface area contributed by atoms with E-state index in [9.17, 15) is 4.79 Å². The molecule has 4 nitrogen and oxygen atoms in total. The summed E-state index contributed by atoms with van der Waals surface area (Å²) < 4.78 is 5.43. The van der Waals surface area contributed by atoms with Crippen LogP contribution in [0.4, 0.5) is 4.79 Å². The normalized spacial score (nSPS) is 25.8. The molecule has 2 N–H and O–H groups in total. The highest BCUT2D eigenvalue weighted by Gasteiger charge is 2.32. The van der Waals surface area contributed by atoms with E-state index in [0.29, 0.717) is 12.5 Å². The van der Waals surface area contributed by atoms with Crippen LogP contribution in [0.3, 0.4) is 0 Å². The molecule has 0 bridgehead atoms. The molecule has 17 heavy (non-hydrogen) atoms. The number of hydrogen-bond donors (Lipinski definition) is 1. The topological polar surface area (TPSA) is 55.6 Å². The number of carbonyl (C=O) groups excluding carboxylic acids is 1. The van der Waals surface area contributed by atoms with Crippen LogP contribution in [0.15, 0.2) is 0 Å². The lowest BCUT2D eigenvalue weighted by Crippen LogP contribution is -2.51. The van der Waals surface area contributed by atoms with Crippen LogP contribution in [0.5, 0.6) is 0 Å². The first-order valence-corrected chi connectivity index (χ1v) is 6.57. The number of rotatable bonds is 2. The molecule has 100 valence electrons. The summed E-state index contributed by atoms with van der Waals surface area (Å²) in [6.07, 6.45) is 3.05. The van der Waals surface area contributed by atoms with Gasteiger partial charge in [-0.1, -0.05) is 13.3 Å². The van der Waals surface area contributed by atoms with E-state index in [1.165, 1.54) is 0 Å². The lowest BCUT2D eigenvalue weighted by Gasteiger charge is -2.39. The molecule has 1 amide bonds. The molecule has 1 fully saturated rings. The van der Waals surface area contributed by atoms with Crippen molar-refractivity contribution in [3.8, 4) is 0 Å². The quantitative estimate of drug-likeness (QED) is 0.808. The molecule has 0 unspecified atom stereocenters. The summed E-state index contributed by atoms with van der Waals surface area (Å²) in [5, 5.41) is 0. The summed E-state index contributed by atoms with van der Waals surface area (Å²) in [4.78, 5) is 13.9. The molecule has 0 aromatic heterocycles. The van der Waals surface area contributed by atoms with E-state index in [0.717, 1.165) is 25.8 Å². The molecule has 1 aliphatic rings. The molecular weight excluding hydrogens is 216 g/mol. The molecule has 1 rings (SSSR count). The molecule has 0 saturated carbocycles. The van der Waals surface area contributed by atoms with Gasteiger partial charge in [-0.25, -0.2) is 4.79 Å². The number of carbonyl (C=O) groups is 1. The van der Waals surface area contributed by atoms with Gasteiger partial charge in [0.15, 0.2) is 0 Å². The van der Waals surface area contributed by atoms with Crippen LogP contribution in [0.2, 0.25) is 0 Å². The zero-order valence-electron chi connectivity index (χ0n) is 11.5. The first-order chi connectivity index (χ1) is 7.87. The monoisotopic (exact) mass is 242 g/mol. The van der Waals surface area contributed by atoms with E-state index in [2.05, 4.69) is 6.92 Å². The Labute approximate surface area is 104 Å². The molecular formula is C13H26N2O2. The second-order valence-corrected chi connectivity index (χ2v) is 5.87. The first kappa shape index (κ1) is 14.3. The molecule has 2 atom stereocenters. The Kier molecular flexibility index (Phi) is 4.80. The molecule has 1 aliphatic heterocycles. The smallest absolute Gasteiger partial charge is 0.410 e. The van der Waals surface area contributed by atoms with Crippen molar-refractivity contribution in [3.63, 3.8) is 0 Å². The molecule has 0 aliphatic carbocycles. The van der Waals surface area contributed by atoms with E-state index in [-0.39, 0.29) is 12.1 Å². The predicted molar refractivity (Wildman–Crippen MR) is 68.8 cm³/mol. The first-order valence-electron chi connectivity index (χ1n) is 6.57. The van der Waals surface area contributed by atoms with Crippen LogP contribution in [0.25, 0.3) is 0 Å². The molecule has 0 aromatic carbocycles. The fraction of sp³-hybridized carbons (Fsp3) is 0.923. The van der Waals surface area contributed by atoms with Crippen LogP contribution < -0.4 is 5.73 Å². The number of nitrogens with two attached hydrogens (primary N) is 1. The minimum absolute atomic E-state index is 0.146. The lowest BCUT2D eigenvalue weighted by atomic mass is 9.91. The standard InChI is InChI=1S/C13H26N2O2/c1-5-10-6-7-11(8-14)15(9-10)12(16)17-13(2,3)4/h10-11H,5-9,14H2,1-4H3/t10-,11-/m1/s1. The van der Waals surface area contributed by atoms with Crippen LogP contribution >= 0.6 is 0 Å². The van der Waals surface area contributed by atoms with Crippen LogP contribution in [0, 0.1) is 5.92 Å². The number of amides is 1. The summed E-state index contributed by atoms with van der Waals surface area (Å²) in [6, 6.07) is 0.146. The average Bonchev–Trinajstić information content (AvgIpc) is 2.25. The van der Waals surface area contributed by atoms with Gasteiger partial charge >= 0.3 is 6.09 Å². The lowest BCUT2D eigenvalue weighted by molar-refractivity contribution is 0.00386. The summed E-state index contributed by atoms with van der Waals surface area (Å²) in [7, 11) is 0. The van der Waals surface area contributed by atoms with Crippen LogP contribution in [-0.4, -0.2) is 35.7 Å². The zero-order chi connectivity index (χ0) is 13.1. The van der Waals surface area contributed by atoms with Crippen molar-refractivity contribution in [1.82, 2.24) is 4.90 Å². The maximum atomic E-state index is 12.1. The van der Waals surface area contributed by atoms with Crippen molar-refractivity contribution < 1.29 is 9.53 Å². The van der Waals surface area contributed by atoms with Gasteiger partial charge in [-0.05, 0) is 39.5 Å². The third kappa shape index (κ3) is 4.19. The van der Waals surface area contributed by atoms with Crippen LogP contribution in [0.1, 0.15) is 47.0 Å². The highest BCUT2D eigenvalue weighted by atomic mass is 16.6. The van der Waals surface area contributed by atoms with Gasteiger partial charge in [0, 0.05) is 19.1 Å². The summed E-state index contributed by atoms with van der Waals surface area (Å²) in [6.45, 7) is 9.15. The van der Waals surface area contributed by atoms with Gasteiger partial charge in [-0.15, -0.1) is 0 Å². The Morgan fingerprint density at radius 3 is 2.53 bits per heavy atom. The largest absolute Gasteiger partial charge is 0.444 e. The second kappa shape index (κ2) is 5.71. The fourth-order valence-electron chi connectivity index (χ4n) is 2.22. The van der Waals surface area contributed by atoms with Crippen molar-refractivity contribution in [3.05, 3.63) is 0 Å². The Morgan fingerprint density at radius 2 is 2.06 bits per heavy atom. The zero-order valence-corrected chi connectivity index (χ0v) is 11.5. The number of likely N-dealkylation sites (tertiary alicyclic amines) is 1. The Balaban J connectivity index is 2.66. The van der Waals surface area contributed by atoms with Gasteiger partial charge in [0.05, 0.1) is 0 Å². The van der Waals surface area contributed by atoms with Gasteiger partial charge in [-0.2, -0.15) is 0 Å². The fourth-order valence-corrected chi connectivity index (χ4v) is 2.22. The van der Waals surface area contributed by atoms with Crippen molar-refractivity contribution in [2.75, 3.05) is 13.1 Å². The highest BCUT2D eigenvalue weighted by Crippen LogP contribution is 2.25. The van der Waals surface area contributed by atoms with Crippen LogP contribution in [-0.2, 0) is 4.74 Å². The predicted octanol–water partition coefficient (Wildman–Crippen LogP) is 2.37. The van der Waals surface area contributed by atoms with Gasteiger partial charge < -0.3 is 15.4 Å². The molecule has 1 heterocycles. The second-order valence-electron chi connectivity index (χ2n) is 5.87. The number of ether oxygens (including phenoxy) is 1. The summed E-state index contributed by atoms with van der Waals surface area (Å²) >= 11 is 0. The van der Waals surface area contributed by atoms with Gasteiger partial charge in [0.2, 0.25) is 0 Å². The third-order valence-corrected chi connectivity index (χ3v) is 3.28. The van der Waals surface area contributed by atoms with E-state index in [1.807, 2.05) is 25.7 Å². The van der Waals surface area contributed by atoms with Crippen molar-refractivity contribution >= 4 is 6.09 Å². The maximum Gasteiger partial charge on any atom is 0.410 e. The van der Waals surface area contributed by atoms with E-state index < -0.39 is 5.60 Å². The van der Waals surface area contributed by atoms with E-state index >= 15 is 0 Å². The third-order valence-electron chi connectivity index (χ3n) is 3.28. The molecule has 0 spiro atoms. The minimum Gasteiger partial charge on any atom is -0.444 e. The summed E-state index contributed by atoms with van der Waals surface area (Å²) in [5.41, 5.74) is 5.30. The molecule has 4 heteroatoms. The minimum atomic E-state index is -0.435. The molecule has 0 radical (unpaired) electrons. The van der Waals surface area contributed by atoms with Gasteiger partial charge in [0.25, 0.3) is 0 Å². The Hall–Kier alpha value is -0.770.